The minimum absolute atomic E-state index is 0.0181. The summed E-state index contributed by atoms with van der Waals surface area (Å²) in [6, 6.07) is 15.7. The highest BCUT2D eigenvalue weighted by Gasteiger charge is 2.23. The Labute approximate surface area is 165 Å². The van der Waals surface area contributed by atoms with Crippen molar-refractivity contribution < 1.29 is 18.3 Å². The zero-order chi connectivity index (χ0) is 19.9. The van der Waals surface area contributed by atoms with E-state index in [1.165, 1.54) is 0 Å². The largest absolute Gasteiger partial charge is 0.493 e. The van der Waals surface area contributed by atoms with E-state index in [0.29, 0.717) is 24.2 Å². The number of hydrogen-bond acceptors (Lipinski definition) is 2. The van der Waals surface area contributed by atoms with E-state index >= 15 is 0 Å². The average Bonchev–Trinajstić information content (AvgIpc) is 2.66. The first-order valence-electron chi connectivity index (χ1n) is 9.13. The van der Waals surface area contributed by atoms with E-state index in [2.05, 4.69) is 26.0 Å². The fourth-order valence-electron chi connectivity index (χ4n) is 2.65. The molecule has 0 heterocycles. The van der Waals surface area contributed by atoms with Gasteiger partial charge in [0.1, 0.15) is 11.5 Å². The molecule has 0 spiro atoms. The number of rotatable bonds is 10. The molecule has 0 bridgehead atoms. The van der Waals surface area contributed by atoms with Crippen LogP contribution in [-0.2, 0) is 5.41 Å². The monoisotopic (exact) mass is 396 g/mol. The third-order valence-corrected chi connectivity index (χ3v) is 5.08. The predicted molar refractivity (Wildman–Crippen MR) is 107 cm³/mol. The minimum Gasteiger partial charge on any atom is -0.493 e. The van der Waals surface area contributed by atoms with Gasteiger partial charge < -0.3 is 9.47 Å². The Morgan fingerprint density at radius 3 is 1.81 bits per heavy atom. The van der Waals surface area contributed by atoms with E-state index in [0.717, 1.165) is 16.9 Å². The van der Waals surface area contributed by atoms with Crippen LogP contribution in [0.25, 0.3) is 0 Å². The molecule has 0 saturated carbocycles. The first kappa shape index (κ1) is 21.5. The second kappa shape index (κ2) is 9.93. The van der Waals surface area contributed by atoms with Crippen LogP contribution >= 0.6 is 11.6 Å². The van der Waals surface area contributed by atoms with Gasteiger partial charge in [0.05, 0.1) is 13.2 Å². The van der Waals surface area contributed by atoms with Crippen molar-refractivity contribution in [3.63, 3.8) is 0 Å². The molecule has 1 atom stereocenters. The molecular weight excluding hydrogens is 370 g/mol. The van der Waals surface area contributed by atoms with Gasteiger partial charge in [0.15, 0.2) is 0 Å². The molecular formula is C22H27ClF2O2. The molecule has 0 radical (unpaired) electrons. The number of alkyl halides is 3. The van der Waals surface area contributed by atoms with Crippen LogP contribution in [0.15, 0.2) is 48.5 Å². The summed E-state index contributed by atoms with van der Waals surface area (Å²) in [5.41, 5.74) is 2.07. The lowest BCUT2D eigenvalue weighted by Gasteiger charge is -2.26. The van der Waals surface area contributed by atoms with Gasteiger partial charge in [-0.15, -0.1) is 11.6 Å². The fraction of sp³-hybridized carbons (Fsp3) is 0.455. The molecule has 0 aliphatic heterocycles. The van der Waals surface area contributed by atoms with Crippen LogP contribution in [0.3, 0.4) is 0 Å². The standard InChI is InChI=1S/C22H27ClF2O2/c1-16(14-23)15-27-20-10-6-18(7-11-20)22(2,3)17-4-8-19(9-5-17)26-13-12-21(24)25/h4-11,16,21H,12-15H2,1-3H3. The normalized spacial score (nSPS) is 12.9. The summed E-state index contributed by atoms with van der Waals surface area (Å²) < 4.78 is 35.5. The fourth-order valence-corrected chi connectivity index (χ4v) is 2.74. The highest BCUT2D eigenvalue weighted by Crippen LogP contribution is 2.33. The molecule has 0 saturated heterocycles. The van der Waals surface area contributed by atoms with E-state index in [9.17, 15) is 8.78 Å². The van der Waals surface area contributed by atoms with Gasteiger partial charge in [-0.05, 0) is 35.4 Å². The molecule has 0 aliphatic carbocycles. The first-order valence-corrected chi connectivity index (χ1v) is 9.67. The Morgan fingerprint density at radius 1 is 0.889 bits per heavy atom. The average molecular weight is 397 g/mol. The molecule has 2 nitrogen and oxygen atoms in total. The molecule has 0 amide bonds. The van der Waals surface area contributed by atoms with Crippen LogP contribution in [0.1, 0.15) is 38.3 Å². The number of benzene rings is 2. The summed E-state index contributed by atoms with van der Waals surface area (Å²) in [6.07, 6.45) is -2.60. The van der Waals surface area contributed by atoms with Crippen LogP contribution in [0.2, 0.25) is 0 Å². The predicted octanol–water partition coefficient (Wildman–Crippen LogP) is 6.30. The van der Waals surface area contributed by atoms with E-state index in [4.69, 9.17) is 21.1 Å². The zero-order valence-corrected chi connectivity index (χ0v) is 16.8. The Kier molecular flexibility index (Phi) is 7.91. The van der Waals surface area contributed by atoms with Crippen molar-refractivity contribution in [2.24, 2.45) is 5.92 Å². The van der Waals surface area contributed by atoms with Gasteiger partial charge in [0, 0.05) is 23.6 Å². The van der Waals surface area contributed by atoms with E-state index < -0.39 is 6.43 Å². The quantitative estimate of drug-likeness (QED) is 0.439. The molecule has 0 fully saturated rings. The maximum absolute atomic E-state index is 12.2. The number of halogens is 3. The van der Waals surface area contributed by atoms with Crippen molar-refractivity contribution in [2.45, 2.75) is 39.0 Å². The maximum Gasteiger partial charge on any atom is 0.241 e. The highest BCUT2D eigenvalue weighted by atomic mass is 35.5. The van der Waals surface area contributed by atoms with E-state index in [1.54, 1.807) is 0 Å². The van der Waals surface area contributed by atoms with Crippen molar-refractivity contribution in [3.05, 3.63) is 59.7 Å². The van der Waals surface area contributed by atoms with Gasteiger partial charge in [0.2, 0.25) is 6.43 Å². The highest BCUT2D eigenvalue weighted by molar-refractivity contribution is 6.18. The van der Waals surface area contributed by atoms with Crippen LogP contribution < -0.4 is 9.47 Å². The van der Waals surface area contributed by atoms with Crippen LogP contribution in [-0.4, -0.2) is 25.5 Å². The summed E-state index contributed by atoms with van der Waals surface area (Å²) in [7, 11) is 0. The Hall–Kier alpha value is -1.81. The molecule has 27 heavy (non-hydrogen) atoms. The van der Waals surface area contributed by atoms with Crippen LogP contribution in [0.4, 0.5) is 8.78 Å². The van der Waals surface area contributed by atoms with Crippen molar-refractivity contribution in [1.82, 2.24) is 0 Å². The smallest absolute Gasteiger partial charge is 0.241 e. The summed E-state index contributed by atoms with van der Waals surface area (Å²) >= 11 is 5.80. The van der Waals surface area contributed by atoms with Gasteiger partial charge in [-0.2, -0.15) is 0 Å². The van der Waals surface area contributed by atoms with Gasteiger partial charge in [-0.3, -0.25) is 0 Å². The molecule has 1 unspecified atom stereocenters. The lowest BCUT2D eigenvalue weighted by molar-refractivity contribution is 0.114. The van der Waals surface area contributed by atoms with Crippen molar-refractivity contribution >= 4 is 11.6 Å². The lowest BCUT2D eigenvalue weighted by Crippen LogP contribution is -2.18. The lowest BCUT2D eigenvalue weighted by atomic mass is 9.78. The van der Waals surface area contributed by atoms with Gasteiger partial charge in [-0.25, -0.2) is 8.78 Å². The van der Waals surface area contributed by atoms with Crippen molar-refractivity contribution in [2.75, 3.05) is 19.1 Å². The molecule has 0 N–H and O–H groups in total. The molecule has 0 aromatic heterocycles. The Bertz CT molecular complexity index is 684. The summed E-state index contributed by atoms with van der Waals surface area (Å²) in [6.45, 7) is 6.95. The number of hydrogen-bond donors (Lipinski definition) is 0. The molecule has 148 valence electrons. The molecule has 2 rings (SSSR count). The van der Waals surface area contributed by atoms with Gasteiger partial charge in [-0.1, -0.05) is 45.0 Å². The molecule has 2 aromatic carbocycles. The second-order valence-corrected chi connectivity index (χ2v) is 7.58. The van der Waals surface area contributed by atoms with Gasteiger partial charge >= 0.3 is 0 Å². The van der Waals surface area contributed by atoms with Gasteiger partial charge in [0.25, 0.3) is 0 Å². The third-order valence-electron chi connectivity index (χ3n) is 4.55. The van der Waals surface area contributed by atoms with Crippen molar-refractivity contribution in [1.29, 1.82) is 0 Å². The van der Waals surface area contributed by atoms with Crippen molar-refractivity contribution in [3.8, 4) is 11.5 Å². The van der Waals surface area contributed by atoms with Crippen LogP contribution in [0, 0.1) is 5.92 Å². The molecule has 0 aliphatic rings. The number of ether oxygens (including phenoxy) is 2. The summed E-state index contributed by atoms with van der Waals surface area (Å²) in [5, 5.41) is 0. The zero-order valence-electron chi connectivity index (χ0n) is 16.1. The topological polar surface area (TPSA) is 18.5 Å². The van der Waals surface area contributed by atoms with Crippen LogP contribution in [0.5, 0.6) is 11.5 Å². The summed E-state index contributed by atoms with van der Waals surface area (Å²) in [4.78, 5) is 0. The molecule has 5 heteroatoms. The maximum atomic E-state index is 12.2. The third kappa shape index (κ3) is 6.39. The Morgan fingerprint density at radius 2 is 1.37 bits per heavy atom. The minimum atomic E-state index is -2.34. The van der Waals surface area contributed by atoms with E-state index in [1.807, 2.05) is 43.3 Å². The van der Waals surface area contributed by atoms with E-state index in [-0.39, 0.29) is 18.4 Å². The SMILES string of the molecule is CC(CCl)COc1ccc(C(C)(C)c2ccc(OCCC(F)F)cc2)cc1. The second-order valence-electron chi connectivity index (χ2n) is 7.27. The summed E-state index contributed by atoms with van der Waals surface area (Å²) in [5.74, 6) is 2.32. The Balaban J connectivity index is 2.02. The molecule has 2 aromatic rings. The first-order chi connectivity index (χ1) is 12.8.